The fraction of sp³-hybridized carbons (Fsp3) is 0.379. The lowest BCUT2D eigenvalue weighted by atomic mass is 9.98. The van der Waals surface area contributed by atoms with Crippen molar-refractivity contribution >= 4 is 29.7 Å². The predicted octanol–water partition coefficient (Wildman–Crippen LogP) is 6.88. The number of hydrogen-bond acceptors (Lipinski definition) is 5. The summed E-state index contributed by atoms with van der Waals surface area (Å²) in [6.45, 7) is 0. The van der Waals surface area contributed by atoms with Crippen LogP contribution in [0.3, 0.4) is 0 Å². The molecule has 0 saturated heterocycles. The second kappa shape index (κ2) is 11.3. The minimum absolute atomic E-state index is 0.00392. The molecule has 1 aliphatic carbocycles. The van der Waals surface area contributed by atoms with Gasteiger partial charge in [-0.2, -0.15) is 0 Å². The van der Waals surface area contributed by atoms with Crippen LogP contribution in [0.15, 0.2) is 78.9 Å². The van der Waals surface area contributed by atoms with Crippen LogP contribution in [0.2, 0.25) is 0 Å². The third kappa shape index (κ3) is 6.09. The molecule has 1 saturated carbocycles. The number of nitrogens with zero attached hydrogens (tertiary/aromatic N) is 2. The molecule has 186 valence electrons. The van der Waals surface area contributed by atoms with Crippen molar-refractivity contribution in [1.29, 1.82) is 0 Å². The molecule has 0 spiro atoms. The van der Waals surface area contributed by atoms with E-state index in [-0.39, 0.29) is 6.10 Å². The lowest BCUT2D eigenvalue weighted by molar-refractivity contribution is 0.159. The number of benzene rings is 3. The lowest BCUT2D eigenvalue weighted by Gasteiger charge is -2.34. The molecule has 1 aliphatic rings. The molecule has 5 nitrogen and oxygen atoms in total. The van der Waals surface area contributed by atoms with Gasteiger partial charge in [0.2, 0.25) is 0 Å². The van der Waals surface area contributed by atoms with E-state index in [4.69, 9.17) is 4.52 Å². The van der Waals surface area contributed by atoms with Crippen molar-refractivity contribution in [1.82, 2.24) is 0 Å². The van der Waals surface area contributed by atoms with Crippen molar-refractivity contribution in [2.45, 2.75) is 44.0 Å². The van der Waals surface area contributed by atoms with Gasteiger partial charge in [0.1, 0.15) is 5.78 Å². The fourth-order valence-corrected chi connectivity index (χ4v) is 7.28. The standard InChI is InChI=1S/C29H38N3O2P/c1-31(2)25-17-15-23(16-18-25)29(30-24-11-7-5-8-12-24)35(33,34-27-13-9-6-10-14-27)28-21-19-26(20-22-28)32(3)4/h5,7-8,11-12,15-22,27,29-30H,6,9-10,13-14H2,1-4H3/t29-,35+/m0/s1. The van der Waals surface area contributed by atoms with E-state index in [9.17, 15) is 0 Å². The fourth-order valence-electron chi connectivity index (χ4n) is 4.63. The number of rotatable bonds is 9. The van der Waals surface area contributed by atoms with Crippen molar-refractivity contribution in [3.8, 4) is 0 Å². The number of anilines is 3. The highest BCUT2D eigenvalue weighted by molar-refractivity contribution is 7.67. The zero-order valence-electron chi connectivity index (χ0n) is 21.4. The quantitative estimate of drug-likeness (QED) is 0.331. The van der Waals surface area contributed by atoms with Crippen LogP contribution in [0.1, 0.15) is 43.5 Å². The Labute approximate surface area is 210 Å². The molecule has 1 N–H and O–H groups in total. The van der Waals surface area contributed by atoms with Crippen molar-refractivity contribution in [3.05, 3.63) is 84.4 Å². The first kappa shape index (κ1) is 25.3. The first-order valence-electron chi connectivity index (χ1n) is 12.5. The molecule has 0 aliphatic heterocycles. The minimum Gasteiger partial charge on any atom is -0.378 e. The summed E-state index contributed by atoms with van der Waals surface area (Å²) in [4.78, 5) is 4.12. The van der Waals surface area contributed by atoms with Gasteiger partial charge in [-0.3, -0.25) is 4.57 Å². The van der Waals surface area contributed by atoms with Gasteiger partial charge in [0, 0.05) is 50.6 Å². The Kier molecular flexibility index (Phi) is 8.20. The molecule has 4 rings (SSSR count). The summed E-state index contributed by atoms with van der Waals surface area (Å²) >= 11 is 0. The zero-order valence-corrected chi connectivity index (χ0v) is 22.2. The van der Waals surface area contributed by atoms with Crippen molar-refractivity contribution in [2.24, 2.45) is 0 Å². The molecule has 1 fully saturated rings. The third-order valence-electron chi connectivity index (χ3n) is 6.73. The van der Waals surface area contributed by atoms with Crippen LogP contribution in [0, 0.1) is 0 Å². The smallest absolute Gasteiger partial charge is 0.258 e. The average Bonchev–Trinajstić information content (AvgIpc) is 2.88. The van der Waals surface area contributed by atoms with Gasteiger partial charge in [-0.25, -0.2) is 0 Å². The van der Waals surface area contributed by atoms with E-state index >= 15 is 4.57 Å². The monoisotopic (exact) mass is 491 g/mol. The molecular weight excluding hydrogens is 453 g/mol. The van der Waals surface area contributed by atoms with Gasteiger partial charge in [0.05, 0.1) is 6.10 Å². The van der Waals surface area contributed by atoms with Gasteiger partial charge in [0.25, 0.3) is 7.37 Å². The highest BCUT2D eigenvalue weighted by atomic mass is 31.2. The Morgan fingerprint density at radius 1 is 0.771 bits per heavy atom. The molecule has 2 atom stereocenters. The second-order valence-corrected chi connectivity index (χ2v) is 12.2. The average molecular weight is 492 g/mol. The largest absolute Gasteiger partial charge is 0.378 e. The zero-order chi connectivity index (χ0) is 24.8. The van der Waals surface area contributed by atoms with E-state index in [1.807, 2.05) is 82.8 Å². The molecule has 3 aromatic carbocycles. The van der Waals surface area contributed by atoms with Crippen LogP contribution < -0.4 is 20.4 Å². The first-order valence-corrected chi connectivity index (χ1v) is 14.2. The van der Waals surface area contributed by atoms with E-state index in [2.05, 4.69) is 39.4 Å². The maximum absolute atomic E-state index is 15.2. The topological polar surface area (TPSA) is 44.8 Å². The van der Waals surface area contributed by atoms with E-state index in [0.29, 0.717) is 0 Å². The van der Waals surface area contributed by atoms with Crippen molar-refractivity contribution in [2.75, 3.05) is 43.3 Å². The van der Waals surface area contributed by atoms with Gasteiger partial charge >= 0.3 is 0 Å². The summed E-state index contributed by atoms with van der Waals surface area (Å²) in [6, 6.07) is 26.3. The highest BCUT2D eigenvalue weighted by Gasteiger charge is 2.40. The summed E-state index contributed by atoms with van der Waals surface area (Å²) < 4.78 is 21.9. The van der Waals surface area contributed by atoms with Gasteiger partial charge in [-0.05, 0) is 66.9 Å². The van der Waals surface area contributed by atoms with Gasteiger partial charge in [-0.1, -0.05) is 49.6 Å². The Bertz CT molecular complexity index is 1110. The molecule has 0 bridgehead atoms. The van der Waals surface area contributed by atoms with Gasteiger partial charge in [0.15, 0.2) is 0 Å². The number of para-hydroxylation sites is 1. The Morgan fingerprint density at radius 2 is 1.31 bits per heavy atom. The van der Waals surface area contributed by atoms with Crippen molar-refractivity contribution < 1.29 is 9.09 Å². The van der Waals surface area contributed by atoms with Crippen LogP contribution >= 0.6 is 7.37 Å². The molecule has 0 amide bonds. The third-order valence-corrected chi connectivity index (χ3v) is 9.46. The maximum Gasteiger partial charge on any atom is 0.258 e. The van der Waals surface area contributed by atoms with E-state index in [1.165, 1.54) is 6.42 Å². The van der Waals surface area contributed by atoms with Crippen LogP contribution in [0.4, 0.5) is 17.1 Å². The molecule has 35 heavy (non-hydrogen) atoms. The normalized spacial score (nSPS) is 16.8. The van der Waals surface area contributed by atoms with Crippen molar-refractivity contribution in [3.63, 3.8) is 0 Å². The van der Waals surface area contributed by atoms with E-state index in [0.717, 1.165) is 53.6 Å². The summed E-state index contributed by atoms with van der Waals surface area (Å²) in [5.41, 5.74) is 4.05. The maximum atomic E-state index is 15.2. The Hall–Kier alpha value is -2.75. The molecule has 0 unspecified atom stereocenters. The summed E-state index contributed by atoms with van der Waals surface area (Å²) in [7, 11) is 4.71. The first-order chi connectivity index (χ1) is 16.9. The predicted molar refractivity (Wildman–Crippen MR) is 150 cm³/mol. The molecule has 0 aromatic heterocycles. The van der Waals surface area contributed by atoms with Crippen LogP contribution in [0.5, 0.6) is 0 Å². The summed E-state index contributed by atoms with van der Waals surface area (Å²) in [5.74, 6) is -0.506. The molecule has 0 radical (unpaired) electrons. The number of hydrogen-bond donors (Lipinski definition) is 1. The van der Waals surface area contributed by atoms with E-state index < -0.39 is 13.2 Å². The van der Waals surface area contributed by atoms with E-state index in [1.54, 1.807) is 0 Å². The summed E-state index contributed by atoms with van der Waals surface area (Å²) in [6.07, 6.45) is 5.38. The molecule has 3 aromatic rings. The van der Waals surface area contributed by atoms with Crippen LogP contribution in [0.25, 0.3) is 0 Å². The molecule has 6 heteroatoms. The second-order valence-electron chi connectivity index (χ2n) is 9.77. The minimum atomic E-state index is -3.37. The highest BCUT2D eigenvalue weighted by Crippen LogP contribution is 2.60. The van der Waals surface area contributed by atoms with Gasteiger partial charge in [-0.15, -0.1) is 0 Å². The number of nitrogens with one attached hydrogen (secondary N) is 1. The van der Waals surface area contributed by atoms with Crippen LogP contribution in [-0.4, -0.2) is 34.3 Å². The lowest BCUT2D eigenvalue weighted by Crippen LogP contribution is -2.25. The SMILES string of the molecule is CN(C)c1ccc([C@@H](Nc2ccccc2)[P@](=O)(OC2CCCCC2)c2ccc(N(C)C)cc2)cc1. The Morgan fingerprint density at radius 3 is 1.86 bits per heavy atom. The Balaban J connectivity index is 1.80. The molecule has 0 heterocycles. The van der Waals surface area contributed by atoms with Crippen LogP contribution in [-0.2, 0) is 9.09 Å². The molecular formula is C29H38N3O2P. The van der Waals surface area contributed by atoms with Gasteiger partial charge < -0.3 is 19.6 Å². The summed E-state index contributed by atoms with van der Waals surface area (Å²) in [5, 5.41) is 4.35.